The van der Waals surface area contributed by atoms with Gasteiger partial charge in [0, 0.05) is 10.9 Å². The molecule has 1 saturated heterocycles. The molecule has 0 atom stereocenters. The summed E-state index contributed by atoms with van der Waals surface area (Å²) in [7, 11) is -0.442. The molecule has 1 aliphatic rings. The van der Waals surface area contributed by atoms with E-state index in [2.05, 4.69) is 63.0 Å². The van der Waals surface area contributed by atoms with Crippen molar-refractivity contribution in [1.82, 2.24) is 4.98 Å². The molecule has 1 fully saturated rings. The summed E-state index contributed by atoms with van der Waals surface area (Å²) in [4.78, 5) is 16.0. The molecule has 4 rings (SSSR count). The fourth-order valence-electron chi connectivity index (χ4n) is 4.14. The minimum Gasteiger partial charge on any atom is -0.461 e. The summed E-state index contributed by atoms with van der Waals surface area (Å²) in [6.45, 7) is 10.4. The van der Waals surface area contributed by atoms with Gasteiger partial charge in [-0.15, -0.1) is 0 Å². The van der Waals surface area contributed by atoms with E-state index < -0.39 is 18.3 Å². The van der Waals surface area contributed by atoms with E-state index in [4.69, 9.17) is 14.0 Å². The standard InChI is InChI=1S/C26H32BNO4/c1-6-30-24(29)23-20(14-10-13-18-11-8-7-9-12-18)21-17-19(15-16-22(21)28-23)27-31-25(2,3)26(4,5)32-27/h7-9,11-12,15-17,28H,6,10,13-14H2,1-5H3. The number of aromatic nitrogens is 1. The van der Waals surface area contributed by atoms with E-state index in [9.17, 15) is 4.79 Å². The number of ether oxygens (including phenoxy) is 1. The molecule has 0 spiro atoms. The number of H-pyrrole nitrogens is 1. The Balaban J connectivity index is 1.66. The highest BCUT2D eigenvalue weighted by Gasteiger charge is 2.51. The number of carbonyl (C=O) groups excluding carboxylic acids is 1. The van der Waals surface area contributed by atoms with Crippen LogP contribution >= 0.6 is 0 Å². The van der Waals surface area contributed by atoms with Gasteiger partial charge < -0.3 is 19.0 Å². The molecule has 2 heterocycles. The Morgan fingerprint density at radius 3 is 2.34 bits per heavy atom. The molecule has 1 aliphatic heterocycles. The first-order chi connectivity index (χ1) is 15.2. The van der Waals surface area contributed by atoms with E-state index in [0.717, 1.165) is 41.2 Å². The number of aryl methyl sites for hydroxylation is 2. The van der Waals surface area contributed by atoms with Gasteiger partial charge in [-0.2, -0.15) is 0 Å². The lowest BCUT2D eigenvalue weighted by molar-refractivity contribution is 0.00578. The summed E-state index contributed by atoms with van der Waals surface area (Å²) in [5.74, 6) is -0.310. The van der Waals surface area contributed by atoms with Gasteiger partial charge in [-0.3, -0.25) is 0 Å². The first-order valence-electron chi connectivity index (χ1n) is 11.4. The minimum absolute atomic E-state index is 0.310. The van der Waals surface area contributed by atoms with Crippen LogP contribution in [0.1, 0.15) is 62.7 Å². The Kier molecular flexibility index (Phi) is 6.19. The minimum atomic E-state index is -0.442. The van der Waals surface area contributed by atoms with Crippen molar-refractivity contribution in [2.45, 2.75) is 65.1 Å². The van der Waals surface area contributed by atoms with Crippen LogP contribution in [0.5, 0.6) is 0 Å². The molecule has 6 heteroatoms. The number of benzene rings is 2. The molecule has 0 saturated carbocycles. The second-order valence-electron chi connectivity index (χ2n) is 9.43. The van der Waals surface area contributed by atoms with Crippen LogP contribution in [-0.2, 0) is 26.9 Å². The van der Waals surface area contributed by atoms with E-state index in [-0.39, 0.29) is 5.97 Å². The van der Waals surface area contributed by atoms with Crippen molar-refractivity contribution in [2.75, 3.05) is 6.61 Å². The smallest absolute Gasteiger partial charge is 0.461 e. The fraction of sp³-hybridized carbons (Fsp3) is 0.423. The second-order valence-corrected chi connectivity index (χ2v) is 9.43. The molecular weight excluding hydrogens is 401 g/mol. The maximum Gasteiger partial charge on any atom is 0.494 e. The Labute approximate surface area is 190 Å². The van der Waals surface area contributed by atoms with Crippen molar-refractivity contribution in [1.29, 1.82) is 0 Å². The van der Waals surface area contributed by atoms with Crippen molar-refractivity contribution < 1.29 is 18.8 Å². The van der Waals surface area contributed by atoms with Crippen LogP contribution in [0, 0.1) is 0 Å². The van der Waals surface area contributed by atoms with Gasteiger partial charge in [-0.05, 0) is 76.5 Å². The average molecular weight is 433 g/mol. The molecule has 168 valence electrons. The van der Waals surface area contributed by atoms with E-state index in [1.54, 1.807) is 0 Å². The maximum atomic E-state index is 12.7. The van der Waals surface area contributed by atoms with Gasteiger partial charge in [0.2, 0.25) is 0 Å². The highest BCUT2D eigenvalue weighted by atomic mass is 16.7. The number of esters is 1. The molecule has 32 heavy (non-hydrogen) atoms. The van der Waals surface area contributed by atoms with Crippen LogP contribution in [0.4, 0.5) is 0 Å². The third kappa shape index (κ3) is 4.34. The third-order valence-electron chi connectivity index (χ3n) is 6.67. The number of carbonyl (C=O) groups is 1. The number of nitrogens with one attached hydrogen (secondary N) is 1. The van der Waals surface area contributed by atoms with Crippen molar-refractivity contribution in [3.8, 4) is 0 Å². The van der Waals surface area contributed by atoms with Crippen LogP contribution in [0.2, 0.25) is 0 Å². The second kappa shape index (κ2) is 8.76. The van der Waals surface area contributed by atoms with Crippen molar-refractivity contribution in [3.05, 3.63) is 65.4 Å². The van der Waals surface area contributed by atoms with Gasteiger partial charge in [-0.25, -0.2) is 4.79 Å². The van der Waals surface area contributed by atoms with Crippen molar-refractivity contribution >= 4 is 29.5 Å². The maximum absolute atomic E-state index is 12.7. The predicted octanol–water partition coefficient (Wildman–Crippen LogP) is 4.82. The zero-order chi connectivity index (χ0) is 22.9. The molecule has 0 amide bonds. The van der Waals surface area contributed by atoms with Gasteiger partial charge in [0.1, 0.15) is 5.69 Å². The van der Waals surface area contributed by atoms with Crippen LogP contribution in [0.3, 0.4) is 0 Å². The first kappa shape index (κ1) is 22.6. The summed E-state index contributed by atoms with van der Waals surface area (Å²) in [6, 6.07) is 16.5. The number of aromatic amines is 1. The normalized spacial score (nSPS) is 17.1. The average Bonchev–Trinajstić information content (AvgIpc) is 3.22. The molecule has 5 nitrogen and oxygen atoms in total. The summed E-state index contributed by atoms with van der Waals surface area (Å²) < 4.78 is 17.8. The van der Waals surface area contributed by atoms with Gasteiger partial charge in [0.05, 0.1) is 17.8 Å². The monoisotopic (exact) mass is 433 g/mol. The van der Waals surface area contributed by atoms with E-state index in [1.165, 1.54) is 5.56 Å². The predicted molar refractivity (Wildman–Crippen MR) is 128 cm³/mol. The number of fused-ring (bicyclic) bond motifs is 1. The van der Waals surface area contributed by atoms with Gasteiger partial charge in [0.15, 0.2) is 0 Å². The van der Waals surface area contributed by atoms with E-state index in [0.29, 0.717) is 12.3 Å². The summed E-state index contributed by atoms with van der Waals surface area (Å²) in [6.07, 6.45) is 2.66. The zero-order valence-electron chi connectivity index (χ0n) is 19.7. The van der Waals surface area contributed by atoms with Gasteiger partial charge >= 0.3 is 13.1 Å². The van der Waals surface area contributed by atoms with Crippen LogP contribution in [0.25, 0.3) is 10.9 Å². The largest absolute Gasteiger partial charge is 0.494 e. The number of hydrogen-bond donors (Lipinski definition) is 1. The quantitative estimate of drug-likeness (QED) is 0.429. The Hall–Kier alpha value is -2.57. The highest BCUT2D eigenvalue weighted by Crippen LogP contribution is 2.37. The molecular formula is C26H32BNO4. The van der Waals surface area contributed by atoms with Crippen LogP contribution in [0.15, 0.2) is 48.5 Å². The van der Waals surface area contributed by atoms with Crippen molar-refractivity contribution in [2.24, 2.45) is 0 Å². The summed E-state index contributed by atoms with van der Waals surface area (Å²) in [5, 5.41) is 1.02. The SMILES string of the molecule is CCOC(=O)c1[nH]c2ccc(B3OC(C)(C)C(C)(C)O3)cc2c1CCCc1ccccc1. The number of rotatable bonds is 7. The van der Waals surface area contributed by atoms with E-state index >= 15 is 0 Å². The lowest BCUT2D eigenvalue weighted by Crippen LogP contribution is -2.41. The summed E-state index contributed by atoms with van der Waals surface area (Å²) in [5.41, 5.74) is 3.90. The molecule has 0 aliphatic carbocycles. The zero-order valence-corrected chi connectivity index (χ0v) is 19.7. The first-order valence-corrected chi connectivity index (χ1v) is 11.4. The van der Waals surface area contributed by atoms with Gasteiger partial charge in [-0.1, -0.05) is 42.5 Å². The van der Waals surface area contributed by atoms with Crippen LogP contribution < -0.4 is 5.46 Å². The molecule has 2 aromatic carbocycles. The number of hydrogen-bond acceptors (Lipinski definition) is 4. The molecule has 0 bridgehead atoms. The topological polar surface area (TPSA) is 60.6 Å². The Morgan fingerprint density at radius 2 is 1.69 bits per heavy atom. The molecule has 0 radical (unpaired) electrons. The molecule has 1 N–H and O–H groups in total. The lowest BCUT2D eigenvalue weighted by Gasteiger charge is -2.32. The Morgan fingerprint density at radius 1 is 1.00 bits per heavy atom. The lowest BCUT2D eigenvalue weighted by atomic mass is 9.78. The van der Waals surface area contributed by atoms with Crippen LogP contribution in [-0.4, -0.2) is 35.9 Å². The molecule has 1 aromatic heterocycles. The van der Waals surface area contributed by atoms with E-state index in [1.807, 2.05) is 25.1 Å². The molecule has 3 aromatic rings. The van der Waals surface area contributed by atoms with Crippen molar-refractivity contribution in [3.63, 3.8) is 0 Å². The molecule has 0 unspecified atom stereocenters. The summed E-state index contributed by atoms with van der Waals surface area (Å²) >= 11 is 0. The Bertz CT molecular complexity index is 1090. The van der Waals surface area contributed by atoms with Gasteiger partial charge in [0.25, 0.3) is 0 Å². The highest BCUT2D eigenvalue weighted by molar-refractivity contribution is 6.62. The third-order valence-corrected chi connectivity index (χ3v) is 6.67. The fourth-order valence-corrected chi connectivity index (χ4v) is 4.14.